The maximum absolute atomic E-state index is 12.9. The van der Waals surface area contributed by atoms with E-state index in [4.69, 9.17) is 0 Å². The monoisotopic (exact) mass is 344 g/mol. The standard InChI is InChI=1S/C16H25FN2O3S/c1-2-11-23(21,22)18-15-7-9-19(10-8-15)12-16(20)13-3-5-14(17)6-4-13/h3-6,15-16,18,20H,2,7-12H2,1H3/t16-/m0/s1. The van der Waals surface area contributed by atoms with Crippen LogP contribution in [-0.2, 0) is 10.0 Å². The van der Waals surface area contributed by atoms with Crippen molar-refractivity contribution in [3.8, 4) is 0 Å². The SMILES string of the molecule is CCCS(=O)(=O)NC1CCN(C[C@H](O)c2ccc(F)cc2)CC1. The highest BCUT2D eigenvalue weighted by Crippen LogP contribution is 2.18. The fourth-order valence-electron chi connectivity index (χ4n) is 2.85. The maximum atomic E-state index is 12.9. The van der Waals surface area contributed by atoms with Gasteiger partial charge in [-0.2, -0.15) is 0 Å². The average Bonchev–Trinajstić information content (AvgIpc) is 2.49. The smallest absolute Gasteiger partial charge is 0.211 e. The third kappa shape index (κ3) is 5.84. The van der Waals surface area contributed by atoms with Crippen molar-refractivity contribution in [1.29, 1.82) is 0 Å². The summed E-state index contributed by atoms with van der Waals surface area (Å²) in [4.78, 5) is 2.11. The van der Waals surface area contributed by atoms with Crippen LogP contribution in [0.15, 0.2) is 24.3 Å². The molecule has 0 unspecified atom stereocenters. The molecular formula is C16H25FN2O3S. The second-order valence-electron chi connectivity index (χ2n) is 6.08. The van der Waals surface area contributed by atoms with Crippen LogP contribution in [-0.4, -0.2) is 49.9 Å². The van der Waals surface area contributed by atoms with Gasteiger partial charge in [0.25, 0.3) is 0 Å². The molecule has 1 aromatic carbocycles. The maximum Gasteiger partial charge on any atom is 0.211 e. The summed E-state index contributed by atoms with van der Waals surface area (Å²) >= 11 is 0. The number of nitrogens with zero attached hydrogens (tertiary/aromatic N) is 1. The fourth-order valence-corrected chi connectivity index (χ4v) is 4.25. The van der Waals surface area contributed by atoms with Crippen molar-refractivity contribution in [3.63, 3.8) is 0 Å². The highest BCUT2D eigenvalue weighted by Gasteiger charge is 2.24. The zero-order valence-corrected chi connectivity index (χ0v) is 14.2. The van der Waals surface area contributed by atoms with Gasteiger partial charge in [-0.05, 0) is 50.0 Å². The average molecular weight is 344 g/mol. The van der Waals surface area contributed by atoms with Gasteiger partial charge in [0.15, 0.2) is 0 Å². The lowest BCUT2D eigenvalue weighted by atomic mass is 10.0. The molecule has 0 spiro atoms. The van der Waals surface area contributed by atoms with Gasteiger partial charge in [0.1, 0.15) is 5.82 Å². The van der Waals surface area contributed by atoms with Crippen LogP contribution >= 0.6 is 0 Å². The molecule has 0 saturated carbocycles. The number of benzene rings is 1. The number of sulfonamides is 1. The minimum absolute atomic E-state index is 0.0224. The number of hydrogen-bond acceptors (Lipinski definition) is 4. The van der Waals surface area contributed by atoms with Crippen LogP contribution in [0.5, 0.6) is 0 Å². The summed E-state index contributed by atoms with van der Waals surface area (Å²) in [6.45, 7) is 3.79. The molecule has 0 amide bonds. The van der Waals surface area contributed by atoms with Crippen molar-refractivity contribution < 1.29 is 17.9 Å². The summed E-state index contributed by atoms with van der Waals surface area (Å²) in [5, 5.41) is 10.2. The van der Waals surface area contributed by atoms with E-state index in [0.717, 1.165) is 25.9 Å². The molecule has 1 fully saturated rings. The number of piperidine rings is 1. The lowest BCUT2D eigenvalue weighted by Gasteiger charge is -2.33. The first-order chi connectivity index (χ1) is 10.9. The molecule has 2 rings (SSSR count). The highest BCUT2D eigenvalue weighted by molar-refractivity contribution is 7.89. The van der Waals surface area contributed by atoms with Crippen LogP contribution < -0.4 is 4.72 Å². The van der Waals surface area contributed by atoms with Crippen LogP contribution in [0.1, 0.15) is 37.9 Å². The third-order valence-corrected chi connectivity index (χ3v) is 5.73. The molecule has 0 aliphatic carbocycles. The molecule has 1 aliphatic heterocycles. The lowest BCUT2D eigenvalue weighted by molar-refractivity contribution is 0.0963. The molecule has 5 nitrogen and oxygen atoms in total. The first kappa shape index (κ1) is 18.3. The Hall–Kier alpha value is -1.02. The predicted molar refractivity (Wildman–Crippen MR) is 88.0 cm³/mol. The Morgan fingerprint density at radius 3 is 2.48 bits per heavy atom. The lowest BCUT2D eigenvalue weighted by Crippen LogP contribution is -2.46. The quantitative estimate of drug-likeness (QED) is 0.789. The van der Waals surface area contributed by atoms with E-state index in [1.165, 1.54) is 12.1 Å². The van der Waals surface area contributed by atoms with Crippen LogP contribution in [0.25, 0.3) is 0 Å². The Morgan fingerprint density at radius 2 is 1.91 bits per heavy atom. The van der Waals surface area contributed by atoms with Gasteiger partial charge in [-0.25, -0.2) is 17.5 Å². The van der Waals surface area contributed by atoms with Gasteiger partial charge in [-0.1, -0.05) is 19.1 Å². The van der Waals surface area contributed by atoms with Crippen molar-refractivity contribution in [2.45, 2.75) is 38.3 Å². The van der Waals surface area contributed by atoms with E-state index < -0.39 is 16.1 Å². The van der Waals surface area contributed by atoms with Gasteiger partial charge in [0, 0.05) is 12.6 Å². The topological polar surface area (TPSA) is 69.6 Å². The van der Waals surface area contributed by atoms with Crippen LogP contribution in [0, 0.1) is 5.82 Å². The summed E-state index contributed by atoms with van der Waals surface area (Å²) in [5.41, 5.74) is 0.692. The number of nitrogens with one attached hydrogen (secondary N) is 1. The van der Waals surface area contributed by atoms with Crippen molar-refractivity contribution in [1.82, 2.24) is 9.62 Å². The van der Waals surface area contributed by atoms with Crippen LogP contribution in [0.3, 0.4) is 0 Å². The van der Waals surface area contributed by atoms with E-state index in [1.807, 2.05) is 6.92 Å². The Labute approximate surface area is 137 Å². The molecule has 1 atom stereocenters. The Kier molecular flexibility index (Phi) is 6.52. The molecule has 0 radical (unpaired) electrons. The zero-order valence-electron chi connectivity index (χ0n) is 13.4. The number of hydrogen-bond donors (Lipinski definition) is 2. The first-order valence-electron chi connectivity index (χ1n) is 8.05. The summed E-state index contributed by atoms with van der Waals surface area (Å²) < 4.78 is 39.2. The molecule has 23 heavy (non-hydrogen) atoms. The minimum atomic E-state index is -3.17. The summed E-state index contributed by atoms with van der Waals surface area (Å²) in [6, 6.07) is 5.84. The Bertz CT molecular complexity index is 584. The van der Waals surface area contributed by atoms with Crippen molar-refractivity contribution >= 4 is 10.0 Å². The van der Waals surface area contributed by atoms with Crippen molar-refractivity contribution in [3.05, 3.63) is 35.6 Å². The number of aliphatic hydroxyl groups is 1. The summed E-state index contributed by atoms with van der Waals surface area (Å²) in [5.74, 6) is -0.155. The molecule has 1 aromatic rings. The van der Waals surface area contributed by atoms with E-state index in [2.05, 4.69) is 9.62 Å². The Balaban J connectivity index is 1.79. The van der Waals surface area contributed by atoms with Crippen LogP contribution in [0.4, 0.5) is 4.39 Å². The van der Waals surface area contributed by atoms with Gasteiger partial charge in [0.2, 0.25) is 10.0 Å². The van der Waals surface area contributed by atoms with E-state index >= 15 is 0 Å². The number of likely N-dealkylation sites (tertiary alicyclic amines) is 1. The molecule has 1 heterocycles. The molecule has 130 valence electrons. The normalized spacial score (nSPS) is 18.9. The molecule has 7 heteroatoms. The number of β-amino-alcohol motifs (C(OH)–C–C–N with tert-alkyl or cyclic N) is 1. The first-order valence-corrected chi connectivity index (χ1v) is 9.70. The highest BCUT2D eigenvalue weighted by atomic mass is 32.2. The zero-order chi connectivity index (χ0) is 16.9. The van der Waals surface area contributed by atoms with Gasteiger partial charge in [-0.3, -0.25) is 0 Å². The molecule has 2 N–H and O–H groups in total. The van der Waals surface area contributed by atoms with Crippen molar-refractivity contribution in [2.24, 2.45) is 0 Å². The van der Waals surface area contributed by atoms with Gasteiger partial charge in [-0.15, -0.1) is 0 Å². The largest absolute Gasteiger partial charge is 0.387 e. The second kappa shape index (κ2) is 8.19. The van der Waals surface area contributed by atoms with Gasteiger partial charge >= 0.3 is 0 Å². The van der Waals surface area contributed by atoms with E-state index in [9.17, 15) is 17.9 Å². The van der Waals surface area contributed by atoms with E-state index in [-0.39, 0.29) is 17.6 Å². The third-order valence-electron chi connectivity index (χ3n) is 4.09. The Morgan fingerprint density at radius 1 is 1.30 bits per heavy atom. The fraction of sp³-hybridized carbons (Fsp3) is 0.625. The molecular weight excluding hydrogens is 319 g/mol. The molecule has 1 aliphatic rings. The molecule has 0 bridgehead atoms. The van der Waals surface area contributed by atoms with E-state index in [1.54, 1.807) is 12.1 Å². The van der Waals surface area contributed by atoms with Crippen LogP contribution in [0.2, 0.25) is 0 Å². The van der Waals surface area contributed by atoms with Gasteiger partial charge < -0.3 is 10.0 Å². The van der Waals surface area contributed by atoms with E-state index in [0.29, 0.717) is 18.5 Å². The second-order valence-corrected chi connectivity index (χ2v) is 7.95. The number of aliphatic hydroxyl groups excluding tert-OH is 1. The number of halogens is 1. The molecule has 0 aromatic heterocycles. The summed E-state index contributed by atoms with van der Waals surface area (Å²) in [7, 11) is -3.17. The minimum Gasteiger partial charge on any atom is -0.387 e. The molecule has 1 saturated heterocycles. The summed E-state index contributed by atoms with van der Waals surface area (Å²) in [6.07, 6.45) is 1.42. The van der Waals surface area contributed by atoms with Gasteiger partial charge in [0.05, 0.1) is 11.9 Å². The van der Waals surface area contributed by atoms with Crippen molar-refractivity contribution in [2.75, 3.05) is 25.4 Å². The predicted octanol–water partition coefficient (Wildman–Crippen LogP) is 1.65. The number of rotatable bonds is 7.